The van der Waals surface area contributed by atoms with Crippen molar-refractivity contribution in [3.8, 4) is 5.75 Å². The number of H-pyrrole nitrogens is 1. The van der Waals surface area contributed by atoms with Crippen LogP contribution in [0.2, 0.25) is 0 Å². The lowest BCUT2D eigenvalue weighted by atomic mass is 9.99. The molecule has 148 valence electrons. The maximum atomic E-state index is 11.0. The molecule has 9 heteroatoms. The molecular weight excluding hydrogens is 356 g/mol. The van der Waals surface area contributed by atoms with Gasteiger partial charge in [0.05, 0.1) is 6.61 Å². The van der Waals surface area contributed by atoms with Crippen LogP contribution in [0, 0.1) is 0 Å². The first-order valence-electron chi connectivity index (χ1n) is 8.72. The SMILES string of the molecule is CC(=O)NCCc1c[nH]c2ccc(OC3OC(CO)C(O)C(O)C3O)cc12. The van der Waals surface area contributed by atoms with Gasteiger partial charge in [-0.05, 0) is 30.2 Å². The van der Waals surface area contributed by atoms with Crippen LogP contribution in [0.5, 0.6) is 5.75 Å². The maximum absolute atomic E-state index is 11.0. The van der Waals surface area contributed by atoms with E-state index in [4.69, 9.17) is 9.47 Å². The van der Waals surface area contributed by atoms with Crippen LogP contribution < -0.4 is 10.1 Å². The molecule has 1 fully saturated rings. The number of ether oxygens (including phenoxy) is 2. The Bertz CT molecular complexity index is 791. The van der Waals surface area contributed by atoms with Crippen LogP contribution in [0.4, 0.5) is 0 Å². The number of benzene rings is 1. The number of hydrogen-bond acceptors (Lipinski definition) is 7. The minimum atomic E-state index is -1.50. The van der Waals surface area contributed by atoms with Crippen molar-refractivity contribution >= 4 is 16.8 Å². The van der Waals surface area contributed by atoms with Crippen molar-refractivity contribution in [1.29, 1.82) is 0 Å². The molecule has 6 N–H and O–H groups in total. The number of fused-ring (bicyclic) bond motifs is 1. The summed E-state index contributed by atoms with van der Waals surface area (Å²) in [6.07, 6.45) is -4.18. The fourth-order valence-corrected chi connectivity index (χ4v) is 3.11. The van der Waals surface area contributed by atoms with Crippen LogP contribution in [0.25, 0.3) is 10.9 Å². The number of hydrogen-bond donors (Lipinski definition) is 6. The smallest absolute Gasteiger partial charge is 0.229 e. The lowest BCUT2D eigenvalue weighted by Crippen LogP contribution is -2.60. The van der Waals surface area contributed by atoms with Gasteiger partial charge in [0.2, 0.25) is 12.2 Å². The highest BCUT2D eigenvalue weighted by Gasteiger charge is 2.44. The van der Waals surface area contributed by atoms with Gasteiger partial charge in [0.15, 0.2) is 0 Å². The van der Waals surface area contributed by atoms with Crippen molar-refractivity contribution in [1.82, 2.24) is 10.3 Å². The predicted octanol–water partition coefficient (Wildman–Crippen LogP) is -0.975. The van der Waals surface area contributed by atoms with E-state index in [1.165, 1.54) is 6.92 Å². The van der Waals surface area contributed by atoms with Gasteiger partial charge >= 0.3 is 0 Å². The summed E-state index contributed by atoms with van der Waals surface area (Å²) in [7, 11) is 0. The molecule has 0 saturated carbocycles. The topological polar surface area (TPSA) is 144 Å². The number of carbonyl (C=O) groups is 1. The minimum Gasteiger partial charge on any atom is -0.462 e. The van der Waals surface area contributed by atoms with Gasteiger partial charge in [-0.15, -0.1) is 0 Å². The first-order chi connectivity index (χ1) is 12.9. The third-order valence-electron chi connectivity index (χ3n) is 4.61. The zero-order valence-electron chi connectivity index (χ0n) is 14.8. The Balaban J connectivity index is 1.75. The Labute approximate surface area is 155 Å². The van der Waals surface area contributed by atoms with E-state index in [1.807, 2.05) is 6.20 Å². The highest BCUT2D eigenvalue weighted by Crippen LogP contribution is 2.28. The highest BCUT2D eigenvalue weighted by atomic mass is 16.7. The molecule has 1 saturated heterocycles. The summed E-state index contributed by atoms with van der Waals surface area (Å²) >= 11 is 0. The van der Waals surface area contributed by atoms with Crippen molar-refractivity contribution < 1.29 is 34.7 Å². The van der Waals surface area contributed by atoms with E-state index in [2.05, 4.69) is 10.3 Å². The van der Waals surface area contributed by atoms with Crippen LogP contribution in [-0.2, 0) is 16.0 Å². The summed E-state index contributed by atoms with van der Waals surface area (Å²) in [6.45, 7) is 1.44. The van der Waals surface area contributed by atoms with Crippen LogP contribution in [0.1, 0.15) is 12.5 Å². The third-order valence-corrected chi connectivity index (χ3v) is 4.61. The van der Waals surface area contributed by atoms with E-state index in [9.17, 15) is 25.2 Å². The Morgan fingerprint density at radius 2 is 2.04 bits per heavy atom. The molecule has 27 heavy (non-hydrogen) atoms. The molecule has 2 aromatic rings. The molecular formula is C18H24N2O7. The lowest BCUT2D eigenvalue weighted by Gasteiger charge is -2.39. The second-order valence-corrected chi connectivity index (χ2v) is 6.57. The van der Waals surface area contributed by atoms with E-state index in [0.29, 0.717) is 18.7 Å². The minimum absolute atomic E-state index is 0.0959. The lowest BCUT2D eigenvalue weighted by molar-refractivity contribution is -0.277. The summed E-state index contributed by atoms with van der Waals surface area (Å²) in [6, 6.07) is 5.24. The maximum Gasteiger partial charge on any atom is 0.229 e. The number of nitrogens with one attached hydrogen (secondary N) is 2. The van der Waals surface area contributed by atoms with Crippen molar-refractivity contribution in [3.63, 3.8) is 0 Å². The molecule has 0 radical (unpaired) electrons. The number of amides is 1. The zero-order valence-corrected chi connectivity index (χ0v) is 14.8. The Morgan fingerprint density at radius 3 is 2.74 bits per heavy atom. The van der Waals surface area contributed by atoms with Crippen molar-refractivity contribution in [3.05, 3.63) is 30.0 Å². The quantitative estimate of drug-likeness (QED) is 0.378. The summed E-state index contributed by atoms with van der Waals surface area (Å²) in [4.78, 5) is 14.2. The Hall–Kier alpha value is -2.17. The van der Waals surface area contributed by atoms with Crippen molar-refractivity contribution in [2.75, 3.05) is 13.2 Å². The van der Waals surface area contributed by atoms with E-state index >= 15 is 0 Å². The Morgan fingerprint density at radius 1 is 1.26 bits per heavy atom. The number of aliphatic hydroxyl groups excluding tert-OH is 4. The number of carbonyl (C=O) groups excluding carboxylic acids is 1. The first kappa shape index (κ1) is 19.6. The molecule has 1 aromatic carbocycles. The van der Waals surface area contributed by atoms with Crippen molar-refractivity contribution in [2.45, 2.75) is 44.1 Å². The molecule has 5 atom stereocenters. The molecule has 1 aliphatic rings. The first-order valence-corrected chi connectivity index (χ1v) is 8.72. The Kier molecular flexibility index (Phi) is 5.98. The molecule has 5 unspecified atom stereocenters. The third kappa shape index (κ3) is 4.23. The fourth-order valence-electron chi connectivity index (χ4n) is 3.11. The summed E-state index contributed by atoms with van der Waals surface area (Å²) in [5.74, 6) is 0.300. The molecule has 0 bridgehead atoms. The largest absolute Gasteiger partial charge is 0.462 e. The normalized spacial score (nSPS) is 28.3. The van der Waals surface area contributed by atoms with Gasteiger partial charge in [0.1, 0.15) is 30.2 Å². The number of aliphatic hydroxyl groups is 4. The van der Waals surface area contributed by atoms with Gasteiger partial charge < -0.3 is 40.2 Å². The molecule has 2 heterocycles. The summed E-state index contributed by atoms with van der Waals surface area (Å²) in [5.41, 5.74) is 1.87. The van der Waals surface area contributed by atoms with E-state index < -0.39 is 37.3 Å². The van der Waals surface area contributed by atoms with Crippen LogP contribution >= 0.6 is 0 Å². The highest BCUT2D eigenvalue weighted by molar-refractivity contribution is 5.84. The van der Waals surface area contributed by atoms with E-state index in [1.54, 1.807) is 18.2 Å². The number of aromatic amines is 1. The molecule has 1 aliphatic heterocycles. The van der Waals surface area contributed by atoms with E-state index in [0.717, 1.165) is 16.5 Å². The predicted molar refractivity (Wildman–Crippen MR) is 95.1 cm³/mol. The van der Waals surface area contributed by atoms with Gasteiger partial charge in [-0.1, -0.05) is 0 Å². The average Bonchev–Trinajstić information content (AvgIpc) is 3.04. The van der Waals surface area contributed by atoms with E-state index in [-0.39, 0.29) is 5.91 Å². The molecule has 0 aliphatic carbocycles. The van der Waals surface area contributed by atoms with Gasteiger partial charge in [-0.25, -0.2) is 0 Å². The van der Waals surface area contributed by atoms with Gasteiger partial charge in [0.25, 0.3) is 0 Å². The average molecular weight is 380 g/mol. The van der Waals surface area contributed by atoms with Gasteiger partial charge in [-0.2, -0.15) is 0 Å². The summed E-state index contributed by atoms with van der Waals surface area (Å²) in [5, 5.41) is 42.7. The molecule has 1 aromatic heterocycles. The molecule has 9 nitrogen and oxygen atoms in total. The van der Waals surface area contributed by atoms with Crippen LogP contribution in [-0.4, -0.2) is 75.2 Å². The van der Waals surface area contributed by atoms with Gasteiger partial charge in [-0.3, -0.25) is 4.79 Å². The van der Waals surface area contributed by atoms with Crippen LogP contribution in [0.15, 0.2) is 24.4 Å². The van der Waals surface area contributed by atoms with Crippen LogP contribution in [0.3, 0.4) is 0 Å². The fraction of sp³-hybridized carbons (Fsp3) is 0.500. The zero-order chi connectivity index (χ0) is 19.6. The summed E-state index contributed by atoms with van der Waals surface area (Å²) < 4.78 is 11.0. The second-order valence-electron chi connectivity index (χ2n) is 6.57. The second kappa shape index (κ2) is 8.24. The van der Waals surface area contributed by atoms with Crippen molar-refractivity contribution in [2.24, 2.45) is 0 Å². The van der Waals surface area contributed by atoms with Gasteiger partial charge in [0, 0.05) is 30.6 Å². The monoisotopic (exact) mass is 380 g/mol. The molecule has 3 rings (SSSR count). The molecule has 0 spiro atoms. The standard InChI is InChI=1S/C18H24N2O7/c1-9(22)19-5-4-10-7-20-13-3-2-11(6-12(10)13)26-18-17(25)16(24)15(23)14(8-21)27-18/h2-3,6-7,14-18,20-21,23-25H,4-5,8H2,1H3,(H,19,22). The number of aromatic nitrogens is 1. The molecule has 1 amide bonds. The number of rotatable bonds is 6.